The standard InChI is InChI=1S/C20H13ClF4N4O2S/c1-2-32(30,31)16-8-12(11-3-4-14(22)13(21)7-11)10-26-19(16)15-5-6-29-18(27-15)9-17(28-29)20(23,24)25/h3-10H,2H2,1H3. The van der Waals surface area contributed by atoms with Crippen LogP contribution in [0.25, 0.3) is 28.2 Å². The minimum Gasteiger partial charge on any atom is -0.253 e. The molecule has 0 fully saturated rings. The molecule has 32 heavy (non-hydrogen) atoms. The molecule has 166 valence electrons. The monoisotopic (exact) mass is 484 g/mol. The molecule has 4 rings (SSSR count). The minimum absolute atomic E-state index is 0.0268. The molecule has 0 spiro atoms. The van der Waals surface area contributed by atoms with Gasteiger partial charge in [0.05, 0.1) is 21.4 Å². The lowest BCUT2D eigenvalue weighted by atomic mass is 10.1. The van der Waals surface area contributed by atoms with Gasteiger partial charge in [0.25, 0.3) is 0 Å². The number of alkyl halides is 3. The molecule has 4 aromatic rings. The molecular formula is C20H13ClF4N4O2S. The summed E-state index contributed by atoms with van der Waals surface area (Å²) in [6.45, 7) is 1.45. The molecule has 0 amide bonds. The van der Waals surface area contributed by atoms with E-state index in [1.165, 1.54) is 43.6 Å². The average Bonchev–Trinajstić information content (AvgIpc) is 3.19. The van der Waals surface area contributed by atoms with Crippen molar-refractivity contribution in [3.05, 3.63) is 65.3 Å². The normalized spacial score (nSPS) is 12.4. The van der Waals surface area contributed by atoms with Crippen molar-refractivity contribution in [1.29, 1.82) is 0 Å². The number of nitrogens with zero attached hydrogens (tertiary/aromatic N) is 4. The largest absolute Gasteiger partial charge is 0.435 e. The second kappa shape index (κ2) is 7.82. The van der Waals surface area contributed by atoms with Gasteiger partial charge in [-0.15, -0.1) is 0 Å². The Morgan fingerprint density at radius 3 is 2.50 bits per heavy atom. The van der Waals surface area contributed by atoms with Gasteiger partial charge in [0.2, 0.25) is 0 Å². The number of benzene rings is 1. The van der Waals surface area contributed by atoms with E-state index in [-0.39, 0.29) is 32.7 Å². The molecule has 0 saturated heterocycles. The summed E-state index contributed by atoms with van der Waals surface area (Å²) in [6, 6.07) is 7.35. The van der Waals surface area contributed by atoms with Crippen molar-refractivity contribution in [2.45, 2.75) is 18.0 Å². The Labute approximate surface area is 184 Å². The van der Waals surface area contributed by atoms with Gasteiger partial charge < -0.3 is 0 Å². The number of fused-ring (bicyclic) bond motifs is 1. The topological polar surface area (TPSA) is 77.2 Å². The SMILES string of the molecule is CCS(=O)(=O)c1cc(-c2ccc(F)c(Cl)c2)cnc1-c1ccn2nc(C(F)(F)F)cc2n1. The lowest BCUT2D eigenvalue weighted by Crippen LogP contribution is -2.08. The van der Waals surface area contributed by atoms with Crippen LogP contribution >= 0.6 is 11.6 Å². The molecule has 0 bridgehead atoms. The highest BCUT2D eigenvalue weighted by atomic mass is 35.5. The zero-order chi connectivity index (χ0) is 23.3. The third-order valence-electron chi connectivity index (χ3n) is 4.68. The Morgan fingerprint density at radius 1 is 1.09 bits per heavy atom. The summed E-state index contributed by atoms with van der Waals surface area (Å²) in [5.41, 5.74) is -0.404. The fourth-order valence-electron chi connectivity index (χ4n) is 3.01. The van der Waals surface area contributed by atoms with Crippen molar-refractivity contribution in [3.63, 3.8) is 0 Å². The number of rotatable bonds is 4. The maximum absolute atomic E-state index is 13.5. The lowest BCUT2D eigenvalue weighted by molar-refractivity contribution is -0.141. The van der Waals surface area contributed by atoms with Gasteiger partial charge in [-0.05, 0) is 29.8 Å². The summed E-state index contributed by atoms with van der Waals surface area (Å²) in [6.07, 6.45) is -2.05. The fourth-order valence-corrected chi connectivity index (χ4v) is 4.26. The van der Waals surface area contributed by atoms with Crippen LogP contribution in [-0.4, -0.2) is 33.8 Å². The molecule has 0 N–H and O–H groups in total. The second-order valence-corrected chi connectivity index (χ2v) is 9.40. The molecular weight excluding hydrogens is 472 g/mol. The molecule has 0 unspecified atom stereocenters. The van der Waals surface area contributed by atoms with Crippen molar-refractivity contribution in [2.24, 2.45) is 0 Å². The van der Waals surface area contributed by atoms with E-state index in [0.29, 0.717) is 11.1 Å². The van der Waals surface area contributed by atoms with Gasteiger partial charge in [-0.2, -0.15) is 18.3 Å². The Morgan fingerprint density at radius 2 is 1.84 bits per heavy atom. The van der Waals surface area contributed by atoms with Crippen LogP contribution in [0.4, 0.5) is 17.6 Å². The van der Waals surface area contributed by atoms with Gasteiger partial charge in [-0.25, -0.2) is 22.3 Å². The van der Waals surface area contributed by atoms with Crippen LogP contribution in [0, 0.1) is 5.82 Å². The van der Waals surface area contributed by atoms with Gasteiger partial charge in [-0.1, -0.05) is 24.6 Å². The third-order valence-corrected chi connectivity index (χ3v) is 6.71. The van der Waals surface area contributed by atoms with Crippen molar-refractivity contribution in [3.8, 4) is 22.5 Å². The maximum atomic E-state index is 13.5. The molecule has 0 aliphatic carbocycles. The zero-order valence-electron chi connectivity index (χ0n) is 16.2. The van der Waals surface area contributed by atoms with Crippen LogP contribution in [-0.2, 0) is 16.0 Å². The first-order valence-electron chi connectivity index (χ1n) is 9.12. The van der Waals surface area contributed by atoms with E-state index < -0.39 is 27.5 Å². The van der Waals surface area contributed by atoms with Gasteiger partial charge in [0, 0.05) is 24.0 Å². The van der Waals surface area contributed by atoms with Crippen LogP contribution < -0.4 is 0 Å². The van der Waals surface area contributed by atoms with Crippen molar-refractivity contribution in [2.75, 3.05) is 5.75 Å². The van der Waals surface area contributed by atoms with Gasteiger partial charge in [0.15, 0.2) is 21.2 Å². The number of aromatic nitrogens is 4. The summed E-state index contributed by atoms with van der Waals surface area (Å²) in [4.78, 5) is 8.18. The van der Waals surface area contributed by atoms with Crippen molar-refractivity contribution >= 4 is 27.1 Å². The fraction of sp³-hybridized carbons (Fsp3) is 0.150. The summed E-state index contributed by atoms with van der Waals surface area (Å²) in [7, 11) is -3.81. The molecule has 0 aliphatic rings. The quantitative estimate of drug-likeness (QED) is 0.378. The number of halogens is 5. The summed E-state index contributed by atoms with van der Waals surface area (Å²) in [5.74, 6) is -0.874. The van der Waals surface area contributed by atoms with Crippen LogP contribution in [0.3, 0.4) is 0 Å². The first kappa shape index (κ1) is 22.2. The van der Waals surface area contributed by atoms with Crippen LogP contribution in [0.5, 0.6) is 0 Å². The summed E-state index contributed by atoms with van der Waals surface area (Å²) in [5, 5.41) is 3.28. The molecule has 3 aromatic heterocycles. The predicted octanol–water partition coefficient (Wildman–Crippen LogP) is 5.06. The van der Waals surface area contributed by atoms with E-state index in [9.17, 15) is 26.0 Å². The minimum atomic E-state index is -4.65. The van der Waals surface area contributed by atoms with Gasteiger partial charge in [-0.3, -0.25) is 4.98 Å². The predicted molar refractivity (Wildman–Crippen MR) is 109 cm³/mol. The van der Waals surface area contributed by atoms with Crippen LogP contribution in [0.2, 0.25) is 5.02 Å². The lowest BCUT2D eigenvalue weighted by Gasteiger charge is -2.11. The van der Waals surface area contributed by atoms with Crippen LogP contribution in [0.15, 0.2) is 53.7 Å². The Balaban J connectivity index is 1.89. The summed E-state index contributed by atoms with van der Waals surface area (Å²) < 4.78 is 78.8. The second-order valence-electron chi connectivity index (χ2n) is 6.75. The van der Waals surface area contributed by atoms with Crippen molar-refractivity contribution < 1.29 is 26.0 Å². The van der Waals surface area contributed by atoms with E-state index in [2.05, 4.69) is 15.1 Å². The van der Waals surface area contributed by atoms with Gasteiger partial charge in [0.1, 0.15) is 11.5 Å². The molecule has 0 saturated carbocycles. The highest BCUT2D eigenvalue weighted by molar-refractivity contribution is 7.91. The summed E-state index contributed by atoms with van der Waals surface area (Å²) >= 11 is 5.83. The molecule has 0 radical (unpaired) electrons. The smallest absolute Gasteiger partial charge is 0.253 e. The van der Waals surface area contributed by atoms with Crippen LogP contribution in [0.1, 0.15) is 12.6 Å². The van der Waals surface area contributed by atoms with E-state index >= 15 is 0 Å². The first-order chi connectivity index (χ1) is 15.0. The molecule has 12 heteroatoms. The number of hydrogen-bond acceptors (Lipinski definition) is 5. The Bertz CT molecular complexity index is 1450. The molecule has 1 aromatic carbocycles. The van der Waals surface area contributed by atoms with E-state index in [1.807, 2.05) is 0 Å². The Hall–Kier alpha value is -3.05. The zero-order valence-corrected chi connectivity index (χ0v) is 17.8. The Kier molecular flexibility index (Phi) is 5.41. The number of hydrogen-bond donors (Lipinski definition) is 0. The maximum Gasteiger partial charge on any atom is 0.435 e. The number of pyridine rings is 1. The van der Waals surface area contributed by atoms with E-state index in [0.717, 1.165) is 16.6 Å². The highest BCUT2D eigenvalue weighted by Gasteiger charge is 2.34. The van der Waals surface area contributed by atoms with E-state index in [1.54, 1.807) is 0 Å². The molecule has 0 atom stereocenters. The van der Waals surface area contributed by atoms with E-state index in [4.69, 9.17) is 11.6 Å². The molecule has 6 nitrogen and oxygen atoms in total. The average molecular weight is 485 g/mol. The number of sulfone groups is 1. The van der Waals surface area contributed by atoms with Crippen molar-refractivity contribution in [1.82, 2.24) is 19.6 Å². The van der Waals surface area contributed by atoms with Gasteiger partial charge >= 0.3 is 6.18 Å². The highest BCUT2D eigenvalue weighted by Crippen LogP contribution is 2.32. The first-order valence-corrected chi connectivity index (χ1v) is 11.1. The third kappa shape index (κ3) is 4.05. The molecule has 0 aliphatic heterocycles. The molecule has 3 heterocycles.